The highest BCUT2D eigenvalue weighted by Crippen LogP contribution is 2.40. The Balaban J connectivity index is 1.83. The maximum Gasteiger partial charge on any atom is 0.0679 e. The number of aliphatic hydroxyl groups excluding tert-OH is 1. The molecule has 100 valence electrons. The van der Waals surface area contributed by atoms with Crippen LogP contribution in [0.15, 0.2) is 0 Å². The van der Waals surface area contributed by atoms with Crippen molar-refractivity contribution in [3.8, 4) is 0 Å². The molecule has 0 spiro atoms. The lowest BCUT2D eigenvalue weighted by Crippen LogP contribution is -2.55. The van der Waals surface area contributed by atoms with Crippen molar-refractivity contribution in [1.29, 1.82) is 0 Å². The van der Waals surface area contributed by atoms with Crippen LogP contribution in [0.5, 0.6) is 0 Å². The first kappa shape index (κ1) is 13.3. The van der Waals surface area contributed by atoms with Crippen molar-refractivity contribution in [2.45, 2.75) is 44.2 Å². The van der Waals surface area contributed by atoms with Gasteiger partial charge >= 0.3 is 0 Å². The molecule has 0 bridgehead atoms. The van der Waals surface area contributed by atoms with E-state index in [-0.39, 0.29) is 12.1 Å². The molecule has 4 heteroatoms. The first-order valence-corrected chi connectivity index (χ1v) is 6.86. The Morgan fingerprint density at radius 1 is 1.29 bits per heavy atom. The summed E-state index contributed by atoms with van der Waals surface area (Å²) in [6.07, 6.45) is 4.71. The van der Waals surface area contributed by atoms with Crippen LogP contribution in [-0.2, 0) is 9.47 Å². The van der Waals surface area contributed by atoms with Gasteiger partial charge in [-0.15, -0.1) is 0 Å². The fraction of sp³-hybridized carbons (Fsp3) is 1.00. The van der Waals surface area contributed by atoms with Gasteiger partial charge in [-0.25, -0.2) is 0 Å². The van der Waals surface area contributed by atoms with Gasteiger partial charge in [0.2, 0.25) is 0 Å². The molecule has 17 heavy (non-hydrogen) atoms. The summed E-state index contributed by atoms with van der Waals surface area (Å²) in [6, 6.07) is 0. The molecule has 2 fully saturated rings. The molecule has 0 aromatic carbocycles. The van der Waals surface area contributed by atoms with E-state index >= 15 is 0 Å². The van der Waals surface area contributed by atoms with Gasteiger partial charge in [0, 0.05) is 13.2 Å². The molecular formula is C13H25NO3. The predicted molar refractivity (Wildman–Crippen MR) is 66.0 cm³/mol. The van der Waals surface area contributed by atoms with E-state index in [4.69, 9.17) is 9.47 Å². The summed E-state index contributed by atoms with van der Waals surface area (Å²) in [4.78, 5) is 0. The van der Waals surface area contributed by atoms with Crippen LogP contribution in [0.3, 0.4) is 0 Å². The minimum Gasteiger partial charge on any atom is -0.394 e. The average Bonchev–Trinajstić information content (AvgIpc) is 3.20. The molecule has 0 radical (unpaired) electrons. The molecule has 2 rings (SSSR count). The van der Waals surface area contributed by atoms with E-state index in [9.17, 15) is 5.11 Å². The number of nitrogens with one attached hydrogen (secondary N) is 1. The highest BCUT2D eigenvalue weighted by molar-refractivity contribution is 5.01. The second kappa shape index (κ2) is 6.14. The lowest BCUT2D eigenvalue weighted by atomic mass is 9.95. The predicted octanol–water partition coefficient (Wildman–Crippen LogP) is 0.933. The average molecular weight is 243 g/mol. The number of rotatable bonds is 7. The maximum atomic E-state index is 9.68. The highest BCUT2D eigenvalue weighted by Gasteiger charge is 2.44. The van der Waals surface area contributed by atoms with Gasteiger partial charge < -0.3 is 19.9 Å². The van der Waals surface area contributed by atoms with Crippen LogP contribution >= 0.6 is 0 Å². The van der Waals surface area contributed by atoms with Crippen LogP contribution in [0.1, 0.15) is 32.6 Å². The van der Waals surface area contributed by atoms with E-state index < -0.39 is 0 Å². The smallest absolute Gasteiger partial charge is 0.0679 e. The summed E-state index contributed by atoms with van der Waals surface area (Å²) in [5, 5.41) is 13.1. The summed E-state index contributed by atoms with van der Waals surface area (Å²) < 4.78 is 11.3. The van der Waals surface area contributed by atoms with E-state index in [0.717, 1.165) is 32.6 Å². The topological polar surface area (TPSA) is 50.7 Å². The maximum absolute atomic E-state index is 9.68. The van der Waals surface area contributed by atoms with Crippen LogP contribution in [-0.4, -0.2) is 49.7 Å². The van der Waals surface area contributed by atoms with Crippen LogP contribution in [0, 0.1) is 5.92 Å². The SMILES string of the molecule is CCNC(CO)(COC1CCOCC1)C1CC1. The number of hydrogen-bond acceptors (Lipinski definition) is 4. The second-order valence-electron chi connectivity index (χ2n) is 5.24. The molecule has 1 aliphatic carbocycles. The first-order valence-electron chi connectivity index (χ1n) is 6.86. The minimum atomic E-state index is -0.201. The van der Waals surface area contributed by atoms with Crippen molar-refractivity contribution >= 4 is 0 Å². The van der Waals surface area contributed by atoms with Crippen molar-refractivity contribution in [2.75, 3.05) is 33.0 Å². The Hall–Kier alpha value is -0.160. The van der Waals surface area contributed by atoms with Crippen LogP contribution in [0.25, 0.3) is 0 Å². The molecule has 0 amide bonds. The number of likely N-dealkylation sites (N-methyl/N-ethyl adjacent to an activating group) is 1. The van der Waals surface area contributed by atoms with Gasteiger partial charge in [-0.05, 0) is 38.1 Å². The molecule has 1 aliphatic heterocycles. The Labute approximate surface area is 104 Å². The van der Waals surface area contributed by atoms with Crippen molar-refractivity contribution < 1.29 is 14.6 Å². The zero-order chi connectivity index (χ0) is 12.1. The van der Waals surface area contributed by atoms with Crippen molar-refractivity contribution in [1.82, 2.24) is 5.32 Å². The summed E-state index contributed by atoms with van der Waals surface area (Å²) in [5.74, 6) is 0.590. The number of aliphatic hydroxyl groups is 1. The lowest BCUT2D eigenvalue weighted by Gasteiger charge is -2.35. The molecule has 2 N–H and O–H groups in total. The molecule has 1 unspecified atom stereocenters. The Bertz CT molecular complexity index is 227. The van der Waals surface area contributed by atoms with E-state index in [2.05, 4.69) is 12.2 Å². The normalized spacial score (nSPS) is 25.8. The summed E-state index contributed by atoms with van der Waals surface area (Å²) in [7, 11) is 0. The molecule has 1 heterocycles. The molecule has 0 aromatic rings. The molecule has 2 aliphatic rings. The van der Waals surface area contributed by atoms with Gasteiger partial charge in [0.1, 0.15) is 0 Å². The Morgan fingerprint density at radius 3 is 2.53 bits per heavy atom. The first-order chi connectivity index (χ1) is 8.30. The van der Waals surface area contributed by atoms with Crippen molar-refractivity contribution in [2.24, 2.45) is 5.92 Å². The van der Waals surface area contributed by atoms with Gasteiger partial charge in [0.05, 0.1) is 24.9 Å². The van der Waals surface area contributed by atoms with Gasteiger partial charge in [-0.3, -0.25) is 0 Å². The van der Waals surface area contributed by atoms with Gasteiger partial charge in [-0.1, -0.05) is 6.92 Å². The molecule has 0 aromatic heterocycles. The highest BCUT2D eigenvalue weighted by atomic mass is 16.5. The third-order valence-electron chi connectivity index (χ3n) is 3.91. The van der Waals surface area contributed by atoms with E-state index in [1.54, 1.807) is 0 Å². The molecule has 1 saturated heterocycles. The summed E-state index contributed by atoms with van der Waals surface area (Å²) in [6.45, 7) is 5.39. The number of ether oxygens (including phenoxy) is 2. The standard InChI is InChI=1S/C13H25NO3/c1-2-14-13(9-15,11-3-4-11)10-17-12-5-7-16-8-6-12/h11-12,14-15H,2-10H2,1H3. The molecule has 4 nitrogen and oxygen atoms in total. The zero-order valence-electron chi connectivity index (χ0n) is 10.8. The van der Waals surface area contributed by atoms with Crippen LogP contribution in [0.4, 0.5) is 0 Å². The fourth-order valence-electron chi connectivity index (χ4n) is 2.64. The number of hydrogen-bond donors (Lipinski definition) is 2. The quantitative estimate of drug-likeness (QED) is 0.698. The second-order valence-corrected chi connectivity index (χ2v) is 5.24. The lowest BCUT2D eigenvalue weighted by molar-refractivity contribution is -0.0635. The summed E-state index contributed by atoms with van der Waals surface area (Å²) in [5.41, 5.74) is -0.201. The minimum absolute atomic E-state index is 0.175. The third-order valence-corrected chi connectivity index (χ3v) is 3.91. The summed E-state index contributed by atoms with van der Waals surface area (Å²) >= 11 is 0. The largest absolute Gasteiger partial charge is 0.394 e. The molecule has 1 saturated carbocycles. The van der Waals surface area contributed by atoms with E-state index in [1.165, 1.54) is 12.8 Å². The van der Waals surface area contributed by atoms with Gasteiger partial charge in [0.25, 0.3) is 0 Å². The van der Waals surface area contributed by atoms with Crippen LogP contribution < -0.4 is 5.32 Å². The van der Waals surface area contributed by atoms with E-state index in [0.29, 0.717) is 18.6 Å². The van der Waals surface area contributed by atoms with Crippen LogP contribution in [0.2, 0.25) is 0 Å². The van der Waals surface area contributed by atoms with Gasteiger partial charge in [-0.2, -0.15) is 0 Å². The zero-order valence-corrected chi connectivity index (χ0v) is 10.8. The van der Waals surface area contributed by atoms with Crippen molar-refractivity contribution in [3.63, 3.8) is 0 Å². The molecule has 1 atom stereocenters. The van der Waals surface area contributed by atoms with Crippen molar-refractivity contribution in [3.05, 3.63) is 0 Å². The van der Waals surface area contributed by atoms with E-state index in [1.807, 2.05) is 0 Å². The third kappa shape index (κ3) is 3.41. The van der Waals surface area contributed by atoms with Gasteiger partial charge in [0.15, 0.2) is 0 Å². The monoisotopic (exact) mass is 243 g/mol. The fourth-order valence-corrected chi connectivity index (χ4v) is 2.64. The Kier molecular flexibility index (Phi) is 4.79. The Morgan fingerprint density at radius 2 is 2.00 bits per heavy atom. The molecular weight excluding hydrogens is 218 g/mol.